The molecule has 0 radical (unpaired) electrons. The summed E-state index contributed by atoms with van der Waals surface area (Å²) < 4.78 is 0. The molecule has 6 nitrogen and oxygen atoms in total. The summed E-state index contributed by atoms with van der Waals surface area (Å²) in [6, 6.07) is 9.58. The van der Waals surface area contributed by atoms with Crippen molar-refractivity contribution in [3.8, 4) is 11.3 Å². The van der Waals surface area contributed by atoms with Crippen molar-refractivity contribution in [3.05, 3.63) is 36.2 Å². The van der Waals surface area contributed by atoms with Gasteiger partial charge in [0.15, 0.2) is 5.82 Å². The van der Waals surface area contributed by atoms with Gasteiger partial charge in [-0.3, -0.25) is 9.78 Å². The van der Waals surface area contributed by atoms with Crippen molar-refractivity contribution >= 4 is 17.9 Å². The lowest BCUT2D eigenvalue weighted by Crippen LogP contribution is -2.40. The van der Waals surface area contributed by atoms with E-state index in [0.717, 1.165) is 42.3 Å². The first-order valence-corrected chi connectivity index (χ1v) is 9.77. The zero-order chi connectivity index (χ0) is 18.8. The molecule has 2 fully saturated rings. The fourth-order valence-electron chi connectivity index (χ4n) is 3.93. The molecule has 1 atom stereocenters. The lowest BCUT2D eigenvalue weighted by atomic mass is 9.94. The van der Waals surface area contributed by atoms with E-state index >= 15 is 0 Å². The Morgan fingerprint density at radius 3 is 2.74 bits per heavy atom. The topological polar surface area (TPSA) is 61.4 Å². The molecular weight excluding hydrogens is 338 g/mol. The lowest BCUT2D eigenvalue weighted by molar-refractivity contribution is -0.110. The second kappa shape index (κ2) is 7.55. The summed E-state index contributed by atoms with van der Waals surface area (Å²) in [5.41, 5.74) is 4.47. The van der Waals surface area contributed by atoms with Gasteiger partial charge in [-0.05, 0) is 56.9 Å². The predicted molar refractivity (Wildman–Crippen MR) is 108 cm³/mol. The number of aryl methyl sites for hydroxylation is 1. The molecule has 2 bridgehead atoms. The molecule has 2 aliphatic heterocycles. The van der Waals surface area contributed by atoms with E-state index in [1.54, 1.807) is 0 Å². The zero-order valence-corrected chi connectivity index (χ0v) is 16.1. The summed E-state index contributed by atoms with van der Waals surface area (Å²) in [7, 11) is 2.17. The number of anilines is 2. The van der Waals surface area contributed by atoms with Crippen LogP contribution in [-0.2, 0) is 4.79 Å². The van der Waals surface area contributed by atoms with Gasteiger partial charge in [-0.25, -0.2) is 4.98 Å². The van der Waals surface area contributed by atoms with Crippen molar-refractivity contribution in [1.82, 2.24) is 15.3 Å². The highest BCUT2D eigenvalue weighted by atomic mass is 16.1. The van der Waals surface area contributed by atoms with Crippen LogP contribution in [0.3, 0.4) is 0 Å². The largest absolute Gasteiger partial charge is 0.366 e. The monoisotopic (exact) mass is 365 g/mol. The van der Waals surface area contributed by atoms with Gasteiger partial charge in [0.1, 0.15) is 0 Å². The number of amides is 1. The smallest absolute Gasteiger partial charge is 0.207 e. The summed E-state index contributed by atoms with van der Waals surface area (Å²) in [6.45, 7) is 4.30. The van der Waals surface area contributed by atoms with Crippen molar-refractivity contribution < 1.29 is 4.79 Å². The summed E-state index contributed by atoms with van der Waals surface area (Å²) in [5.74, 6) is 1.12. The van der Waals surface area contributed by atoms with E-state index in [9.17, 15) is 4.79 Å². The Balaban J connectivity index is 0.000000218. The summed E-state index contributed by atoms with van der Waals surface area (Å²) in [5, 5.41) is 2.70. The second-order valence-electron chi connectivity index (χ2n) is 7.64. The Morgan fingerprint density at radius 2 is 2.07 bits per heavy atom. The molecule has 1 saturated heterocycles. The van der Waals surface area contributed by atoms with E-state index in [2.05, 4.69) is 45.3 Å². The van der Waals surface area contributed by atoms with Crippen LogP contribution in [0.1, 0.15) is 31.4 Å². The van der Waals surface area contributed by atoms with Crippen LogP contribution in [0.4, 0.5) is 11.5 Å². The van der Waals surface area contributed by atoms with Gasteiger partial charge in [0.05, 0.1) is 11.4 Å². The number of fused-ring (bicyclic) bond motifs is 4. The molecule has 1 N–H and O–H groups in total. The summed E-state index contributed by atoms with van der Waals surface area (Å²) in [6.07, 6.45) is 7.51. The van der Waals surface area contributed by atoms with Crippen LogP contribution >= 0.6 is 0 Å². The average Bonchev–Trinajstić information content (AvgIpc) is 3.09. The molecule has 0 aromatic carbocycles. The molecule has 1 unspecified atom stereocenters. The maximum absolute atomic E-state index is 9.70. The zero-order valence-electron chi connectivity index (χ0n) is 16.1. The van der Waals surface area contributed by atoms with Gasteiger partial charge in [0, 0.05) is 49.7 Å². The van der Waals surface area contributed by atoms with Crippen molar-refractivity contribution in [1.29, 1.82) is 0 Å². The summed E-state index contributed by atoms with van der Waals surface area (Å²) >= 11 is 0. The number of rotatable bonds is 3. The first kappa shape index (κ1) is 17.8. The number of nitrogens with one attached hydrogen (secondary N) is 1. The highest BCUT2D eigenvalue weighted by molar-refractivity contribution is 5.75. The normalized spacial score (nSPS) is 20.3. The SMILES string of the molecule is Cc1cc(-c2ccc3c(n2)N(C)C2CCN3C2)ccn1.O=CNC1CCC1. The molecular formula is C21H27N5O. The van der Waals surface area contributed by atoms with Gasteiger partial charge in [0.25, 0.3) is 0 Å². The maximum atomic E-state index is 9.70. The molecule has 142 valence electrons. The molecule has 2 aromatic rings. The van der Waals surface area contributed by atoms with Gasteiger partial charge in [-0.1, -0.05) is 0 Å². The van der Waals surface area contributed by atoms with Crippen LogP contribution in [0.5, 0.6) is 0 Å². The molecule has 1 saturated carbocycles. The minimum absolute atomic E-state index is 0.512. The van der Waals surface area contributed by atoms with E-state index in [0.29, 0.717) is 12.1 Å². The number of nitrogens with zero attached hydrogens (tertiary/aromatic N) is 4. The Bertz CT molecular complexity index is 820. The summed E-state index contributed by atoms with van der Waals surface area (Å²) in [4.78, 5) is 23.7. The van der Waals surface area contributed by atoms with E-state index in [-0.39, 0.29) is 0 Å². The number of carbonyl (C=O) groups is 1. The highest BCUT2D eigenvalue weighted by Crippen LogP contribution is 2.38. The minimum atomic E-state index is 0.512. The third kappa shape index (κ3) is 3.61. The standard InChI is InChI=1S/C16H18N4.C5H9NO/c1-11-9-12(5-7-17-11)14-3-4-15-16(18-14)19(2)13-6-8-20(15)10-13;7-4-6-5-2-1-3-5/h3-5,7,9,13H,6,8,10H2,1-2H3;4-5H,1-3H2,(H,6,7). The van der Waals surface area contributed by atoms with Gasteiger partial charge < -0.3 is 15.1 Å². The highest BCUT2D eigenvalue weighted by Gasteiger charge is 2.34. The quantitative estimate of drug-likeness (QED) is 0.848. The fraction of sp³-hybridized carbons (Fsp3) is 0.476. The Labute approximate surface area is 160 Å². The first-order chi connectivity index (χ1) is 13.2. The van der Waals surface area contributed by atoms with Gasteiger partial charge >= 0.3 is 0 Å². The van der Waals surface area contributed by atoms with E-state index < -0.39 is 0 Å². The van der Waals surface area contributed by atoms with Gasteiger partial charge in [-0.2, -0.15) is 0 Å². The molecule has 3 aliphatic rings. The molecule has 27 heavy (non-hydrogen) atoms. The van der Waals surface area contributed by atoms with Crippen LogP contribution in [-0.4, -0.2) is 48.6 Å². The van der Waals surface area contributed by atoms with Crippen molar-refractivity contribution in [2.24, 2.45) is 0 Å². The number of aromatic nitrogens is 2. The number of hydrogen-bond acceptors (Lipinski definition) is 5. The first-order valence-electron chi connectivity index (χ1n) is 9.77. The van der Waals surface area contributed by atoms with Crippen LogP contribution in [0.2, 0.25) is 0 Å². The third-order valence-electron chi connectivity index (χ3n) is 5.84. The van der Waals surface area contributed by atoms with Crippen molar-refractivity contribution in [2.75, 3.05) is 29.9 Å². The molecule has 4 heterocycles. The van der Waals surface area contributed by atoms with Crippen LogP contribution < -0.4 is 15.1 Å². The van der Waals surface area contributed by atoms with Crippen molar-refractivity contribution in [2.45, 2.75) is 44.7 Å². The lowest BCUT2D eigenvalue weighted by Gasteiger charge is -2.34. The van der Waals surface area contributed by atoms with E-state index in [1.807, 2.05) is 19.2 Å². The Morgan fingerprint density at radius 1 is 1.22 bits per heavy atom. The number of pyridine rings is 2. The van der Waals surface area contributed by atoms with Gasteiger partial charge in [-0.15, -0.1) is 0 Å². The van der Waals surface area contributed by atoms with E-state index in [4.69, 9.17) is 4.98 Å². The Hall–Kier alpha value is -2.63. The third-order valence-corrected chi connectivity index (χ3v) is 5.84. The Kier molecular flexibility index (Phi) is 4.97. The molecule has 1 amide bonds. The minimum Gasteiger partial charge on any atom is -0.366 e. The molecule has 2 aromatic heterocycles. The predicted octanol–water partition coefficient (Wildman–Crippen LogP) is 2.77. The average molecular weight is 365 g/mol. The van der Waals surface area contributed by atoms with Crippen LogP contribution in [0, 0.1) is 6.92 Å². The number of likely N-dealkylation sites (N-methyl/N-ethyl adjacent to an activating group) is 1. The van der Waals surface area contributed by atoms with Crippen LogP contribution in [0.25, 0.3) is 11.3 Å². The number of carbonyl (C=O) groups excluding carboxylic acids is 1. The van der Waals surface area contributed by atoms with Crippen molar-refractivity contribution in [3.63, 3.8) is 0 Å². The molecule has 0 spiro atoms. The molecule has 1 aliphatic carbocycles. The van der Waals surface area contributed by atoms with E-state index in [1.165, 1.54) is 31.4 Å². The van der Waals surface area contributed by atoms with Crippen LogP contribution in [0.15, 0.2) is 30.5 Å². The van der Waals surface area contributed by atoms with Gasteiger partial charge in [0.2, 0.25) is 6.41 Å². The molecule has 5 rings (SSSR count). The maximum Gasteiger partial charge on any atom is 0.207 e. The second-order valence-corrected chi connectivity index (χ2v) is 7.64. The molecule has 6 heteroatoms. The number of hydrogen-bond donors (Lipinski definition) is 1. The fourth-order valence-corrected chi connectivity index (χ4v) is 3.93.